The van der Waals surface area contributed by atoms with Crippen LogP contribution in [-0.4, -0.2) is 53.9 Å². The van der Waals surface area contributed by atoms with Gasteiger partial charge in [-0.2, -0.15) is 11.8 Å². The molecular formula is C19H28N2OS. The largest absolute Gasteiger partial charge is 0.338 e. The number of likely N-dealkylation sites (tertiary alicyclic amines) is 2. The van der Waals surface area contributed by atoms with Gasteiger partial charge in [0.1, 0.15) is 0 Å². The number of thioether (sulfide) groups is 1. The summed E-state index contributed by atoms with van der Waals surface area (Å²) in [5.41, 5.74) is 2.17. The lowest BCUT2D eigenvalue weighted by atomic mass is 9.99. The molecular weight excluding hydrogens is 304 g/mol. The first-order valence-electron chi connectivity index (χ1n) is 8.86. The van der Waals surface area contributed by atoms with Crippen molar-refractivity contribution in [3.63, 3.8) is 0 Å². The van der Waals surface area contributed by atoms with E-state index < -0.39 is 0 Å². The van der Waals surface area contributed by atoms with Crippen LogP contribution in [0.1, 0.15) is 41.6 Å². The molecule has 1 atom stereocenters. The predicted molar refractivity (Wildman–Crippen MR) is 98.0 cm³/mol. The van der Waals surface area contributed by atoms with E-state index in [9.17, 15) is 4.79 Å². The smallest absolute Gasteiger partial charge is 0.253 e. The number of hydrogen-bond acceptors (Lipinski definition) is 3. The average molecular weight is 333 g/mol. The monoisotopic (exact) mass is 332 g/mol. The van der Waals surface area contributed by atoms with Gasteiger partial charge < -0.3 is 4.90 Å². The van der Waals surface area contributed by atoms with E-state index in [1.807, 2.05) is 23.9 Å². The van der Waals surface area contributed by atoms with Crippen molar-refractivity contribution in [3.8, 4) is 0 Å². The Bertz CT molecular complexity index is 509. The van der Waals surface area contributed by atoms with Crippen molar-refractivity contribution in [2.24, 2.45) is 5.92 Å². The summed E-state index contributed by atoms with van der Waals surface area (Å²) in [6.07, 6.45) is 7.20. The van der Waals surface area contributed by atoms with Crippen molar-refractivity contribution in [3.05, 3.63) is 35.4 Å². The number of hydrogen-bond donors (Lipinski definition) is 0. The number of benzene rings is 1. The molecule has 3 rings (SSSR count). The highest BCUT2D eigenvalue weighted by Gasteiger charge is 2.24. The third-order valence-electron chi connectivity index (χ3n) is 5.01. The van der Waals surface area contributed by atoms with Crippen molar-refractivity contribution in [2.45, 2.75) is 32.2 Å². The van der Waals surface area contributed by atoms with E-state index in [0.29, 0.717) is 5.92 Å². The minimum absolute atomic E-state index is 0.212. The highest BCUT2D eigenvalue weighted by atomic mass is 32.2. The van der Waals surface area contributed by atoms with Gasteiger partial charge in [-0.25, -0.2) is 0 Å². The molecule has 0 aliphatic carbocycles. The lowest BCUT2D eigenvalue weighted by Crippen LogP contribution is -2.40. The number of piperidine rings is 1. The molecule has 0 bridgehead atoms. The zero-order chi connectivity index (χ0) is 16.1. The maximum atomic E-state index is 12.7. The van der Waals surface area contributed by atoms with Gasteiger partial charge in [0, 0.05) is 25.2 Å². The Kier molecular flexibility index (Phi) is 6.01. The van der Waals surface area contributed by atoms with Crippen molar-refractivity contribution in [1.29, 1.82) is 0 Å². The third kappa shape index (κ3) is 4.51. The van der Waals surface area contributed by atoms with Gasteiger partial charge in [0.05, 0.1) is 0 Å². The minimum atomic E-state index is 0.212. The van der Waals surface area contributed by atoms with E-state index in [4.69, 9.17) is 0 Å². The predicted octanol–water partition coefficient (Wildman–Crippen LogP) is 3.50. The number of carbonyl (C=O) groups is 1. The van der Waals surface area contributed by atoms with E-state index in [0.717, 1.165) is 31.6 Å². The second-order valence-corrected chi connectivity index (χ2v) is 7.81. The summed E-state index contributed by atoms with van der Waals surface area (Å²) in [5.74, 6) is 2.04. The second kappa shape index (κ2) is 8.20. The maximum Gasteiger partial charge on any atom is 0.253 e. The van der Waals surface area contributed by atoms with Gasteiger partial charge >= 0.3 is 0 Å². The van der Waals surface area contributed by atoms with Crippen LogP contribution in [0, 0.1) is 5.92 Å². The Morgan fingerprint density at radius 2 is 1.87 bits per heavy atom. The summed E-state index contributed by atoms with van der Waals surface area (Å²) >= 11 is 1.89. The van der Waals surface area contributed by atoms with E-state index in [2.05, 4.69) is 28.2 Å². The van der Waals surface area contributed by atoms with Crippen LogP contribution in [0.25, 0.3) is 0 Å². The molecule has 1 aromatic rings. The minimum Gasteiger partial charge on any atom is -0.338 e. The molecule has 2 aliphatic heterocycles. The maximum absolute atomic E-state index is 12.7. The standard InChI is InChI=1S/C19H28N2OS/c1-23-15-17-5-4-12-21(14-17)19(22)18-8-6-16(7-9-18)13-20-10-2-3-11-20/h6-9,17H,2-5,10-15H2,1H3/t17-/m1/s1. The molecule has 1 aromatic carbocycles. The van der Waals surface area contributed by atoms with Crippen LogP contribution in [-0.2, 0) is 6.54 Å². The summed E-state index contributed by atoms with van der Waals surface area (Å²) in [6, 6.07) is 8.31. The molecule has 2 aliphatic rings. The van der Waals surface area contributed by atoms with Gasteiger partial charge in [-0.15, -0.1) is 0 Å². The highest BCUT2D eigenvalue weighted by Crippen LogP contribution is 2.21. The summed E-state index contributed by atoms with van der Waals surface area (Å²) in [6.45, 7) is 5.29. The van der Waals surface area contributed by atoms with Crippen LogP contribution < -0.4 is 0 Å². The molecule has 2 fully saturated rings. The zero-order valence-electron chi connectivity index (χ0n) is 14.2. The zero-order valence-corrected chi connectivity index (χ0v) is 15.0. The molecule has 0 aromatic heterocycles. The van der Waals surface area contributed by atoms with Crippen LogP contribution in [0.4, 0.5) is 0 Å². The number of carbonyl (C=O) groups excluding carboxylic acids is 1. The Balaban J connectivity index is 1.58. The lowest BCUT2D eigenvalue weighted by Gasteiger charge is -2.32. The molecule has 2 heterocycles. The lowest BCUT2D eigenvalue weighted by molar-refractivity contribution is 0.0685. The van der Waals surface area contributed by atoms with E-state index >= 15 is 0 Å². The Morgan fingerprint density at radius 1 is 1.13 bits per heavy atom. The molecule has 0 saturated carbocycles. The Hall–Kier alpha value is -1.00. The van der Waals surface area contributed by atoms with E-state index in [1.165, 1.54) is 43.7 Å². The molecule has 2 saturated heterocycles. The van der Waals surface area contributed by atoms with Gasteiger partial charge in [0.15, 0.2) is 0 Å². The van der Waals surface area contributed by atoms with E-state index in [1.54, 1.807) is 0 Å². The van der Waals surface area contributed by atoms with Crippen LogP contribution in [0.3, 0.4) is 0 Å². The fraction of sp³-hybridized carbons (Fsp3) is 0.632. The summed E-state index contributed by atoms with van der Waals surface area (Å²) in [5, 5.41) is 0. The average Bonchev–Trinajstić information content (AvgIpc) is 3.08. The van der Waals surface area contributed by atoms with Gasteiger partial charge in [0.2, 0.25) is 0 Å². The molecule has 3 nitrogen and oxygen atoms in total. The van der Waals surface area contributed by atoms with Crippen LogP contribution in [0.2, 0.25) is 0 Å². The Morgan fingerprint density at radius 3 is 2.57 bits per heavy atom. The number of rotatable bonds is 5. The molecule has 1 amide bonds. The van der Waals surface area contributed by atoms with Crippen LogP contribution in [0.5, 0.6) is 0 Å². The van der Waals surface area contributed by atoms with Crippen LogP contribution >= 0.6 is 11.8 Å². The Labute approximate surface area is 144 Å². The second-order valence-electron chi connectivity index (χ2n) is 6.89. The highest BCUT2D eigenvalue weighted by molar-refractivity contribution is 7.98. The van der Waals surface area contributed by atoms with Gasteiger partial charge in [-0.05, 0) is 74.4 Å². The molecule has 0 N–H and O–H groups in total. The van der Waals surface area contributed by atoms with Gasteiger partial charge in [0.25, 0.3) is 5.91 Å². The number of amides is 1. The van der Waals surface area contributed by atoms with Crippen molar-refractivity contribution in [1.82, 2.24) is 9.80 Å². The summed E-state index contributed by atoms with van der Waals surface area (Å²) < 4.78 is 0. The summed E-state index contributed by atoms with van der Waals surface area (Å²) in [7, 11) is 0. The molecule has 0 unspecified atom stereocenters. The van der Waals surface area contributed by atoms with E-state index in [-0.39, 0.29) is 5.91 Å². The topological polar surface area (TPSA) is 23.6 Å². The first kappa shape index (κ1) is 16.8. The molecule has 4 heteroatoms. The normalized spacial score (nSPS) is 22.5. The summed E-state index contributed by atoms with van der Waals surface area (Å²) in [4.78, 5) is 17.3. The van der Waals surface area contributed by atoms with Crippen LogP contribution in [0.15, 0.2) is 24.3 Å². The third-order valence-corrected chi connectivity index (χ3v) is 5.82. The SMILES string of the molecule is CSC[C@@H]1CCCN(C(=O)c2ccc(CN3CCCC3)cc2)C1. The first-order chi connectivity index (χ1) is 11.3. The van der Waals surface area contributed by atoms with Gasteiger partial charge in [-0.3, -0.25) is 9.69 Å². The fourth-order valence-electron chi connectivity index (χ4n) is 3.76. The fourth-order valence-corrected chi connectivity index (χ4v) is 4.50. The number of nitrogens with zero attached hydrogens (tertiary/aromatic N) is 2. The molecule has 0 radical (unpaired) electrons. The quantitative estimate of drug-likeness (QED) is 0.824. The van der Waals surface area contributed by atoms with Crippen molar-refractivity contribution >= 4 is 17.7 Å². The van der Waals surface area contributed by atoms with Gasteiger partial charge in [-0.1, -0.05) is 12.1 Å². The first-order valence-corrected chi connectivity index (χ1v) is 10.2. The van der Waals surface area contributed by atoms with Crippen molar-refractivity contribution < 1.29 is 4.79 Å². The molecule has 0 spiro atoms. The van der Waals surface area contributed by atoms with Crippen molar-refractivity contribution in [2.75, 3.05) is 38.2 Å². The molecule has 126 valence electrons. The molecule has 23 heavy (non-hydrogen) atoms.